The van der Waals surface area contributed by atoms with Gasteiger partial charge in [0.2, 0.25) is 0 Å². The topological polar surface area (TPSA) is 12.0 Å². The van der Waals surface area contributed by atoms with E-state index >= 15 is 0 Å². The lowest BCUT2D eigenvalue weighted by atomic mass is 9.99. The average Bonchev–Trinajstić information content (AvgIpc) is 2.38. The van der Waals surface area contributed by atoms with Crippen LogP contribution in [-0.2, 0) is 0 Å². The molecule has 0 amide bonds. The summed E-state index contributed by atoms with van der Waals surface area (Å²) >= 11 is 21.8. The van der Waals surface area contributed by atoms with Gasteiger partial charge in [-0.25, -0.2) is 0 Å². The third kappa shape index (κ3) is 3.45. The highest BCUT2D eigenvalue weighted by molar-refractivity contribution is 9.10. The van der Waals surface area contributed by atoms with Crippen molar-refractivity contribution >= 4 is 50.7 Å². The average molecular weight is 380 g/mol. The fraction of sp³-hybridized carbons (Fsp3) is 0.143. The molecule has 0 saturated carbocycles. The molecule has 0 aliphatic carbocycles. The third-order valence-corrected chi connectivity index (χ3v) is 4.65. The monoisotopic (exact) mass is 377 g/mol. The Hall–Kier alpha value is -0.250. The van der Waals surface area contributed by atoms with Gasteiger partial charge in [0.25, 0.3) is 0 Å². The molecule has 0 heterocycles. The van der Waals surface area contributed by atoms with Gasteiger partial charge in [0, 0.05) is 14.5 Å². The van der Waals surface area contributed by atoms with Crippen molar-refractivity contribution in [3.05, 3.63) is 67.1 Å². The van der Waals surface area contributed by atoms with Crippen molar-refractivity contribution in [3.63, 3.8) is 0 Å². The summed E-state index contributed by atoms with van der Waals surface area (Å²) in [5, 5.41) is 5.22. The van der Waals surface area contributed by atoms with Crippen LogP contribution in [0.1, 0.15) is 17.2 Å². The van der Waals surface area contributed by atoms with Gasteiger partial charge in [-0.3, -0.25) is 0 Å². The van der Waals surface area contributed by atoms with E-state index in [0.717, 1.165) is 15.6 Å². The Balaban J connectivity index is 2.49. The van der Waals surface area contributed by atoms with E-state index in [2.05, 4.69) is 21.2 Å². The fourth-order valence-electron chi connectivity index (χ4n) is 1.93. The first-order valence-electron chi connectivity index (χ1n) is 5.60. The number of benzene rings is 2. The van der Waals surface area contributed by atoms with Crippen molar-refractivity contribution in [2.45, 2.75) is 6.04 Å². The molecule has 0 bridgehead atoms. The number of nitrogens with one attached hydrogen (secondary N) is 1. The van der Waals surface area contributed by atoms with Crippen LogP contribution < -0.4 is 5.32 Å². The summed E-state index contributed by atoms with van der Waals surface area (Å²) in [6, 6.07) is 11.2. The lowest BCUT2D eigenvalue weighted by Crippen LogP contribution is -2.18. The number of halogens is 4. The molecule has 1 N–H and O–H groups in total. The van der Waals surface area contributed by atoms with Gasteiger partial charge in [0.05, 0.1) is 11.1 Å². The van der Waals surface area contributed by atoms with Crippen LogP contribution in [-0.4, -0.2) is 7.05 Å². The first kappa shape index (κ1) is 15.1. The van der Waals surface area contributed by atoms with E-state index in [0.29, 0.717) is 15.1 Å². The van der Waals surface area contributed by atoms with Gasteiger partial charge >= 0.3 is 0 Å². The zero-order valence-corrected chi connectivity index (χ0v) is 13.9. The summed E-state index contributed by atoms with van der Waals surface area (Å²) in [6.45, 7) is 0. The highest BCUT2D eigenvalue weighted by Gasteiger charge is 2.16. The van der Waals surface area contributed by atoms with Crippen LogP contribution in [0.5, 0.6) is 0 Å². The van der Waals surface area contributed by atoms with Crippen molar-refractivity contribution in [3.8, 4) is 0 Å². The molecule has 0 radical (unpaired) electrons. The molecule has 100 valence electrons. The lowest BCUT2D eigenvalue weighted by molar-refractivity contribution is 0.692. The molecule has 0 aliphatic rings. The maximum absolute atomic E-state index is 6.25. The third-order valence-electron chi connectivity index (χ3n) is 2.83. The second-order valence-electron chi connectivity index (χ2n) is 4.06. The quantitative estimate of drug-likeness (QED) is 0.719. The van der Waals surface area contributed by atoms with E-state index < -0.39 is 0 Å². The molecule has 19 heavy (non-hydrogen) atoms. The predicted octanol–water partition coefficient (Wildman–Crippen LogP) is 5.72. The van der Waals surface area contributed by atoms with Crippen LogP contribution in [0.3, 0.4) is 0 Å². The smallest absolute Gasteiger partial charge is 0.0590 e. The first-order chi connectivity index (χ1) is 9.02. The van der Waals surface area contributed by atoms with E-state index in [9.17, 15) is 0 Å². The summed E-state index contributed by atoms with van der Waals surface area (Å²) in [5.41, 5.74) is 1.95. The van der Waals surface area contributed by atoms with Crippen LogP contribution in [0.2, 0.25) is 15.1 Å². The van der Waals surface area contributed by atoms with Crippen molar-refractivity contribution in [1.29, 1.82) is 0 Å². The van der Waals surface area contributed by atoms with Crippen LogP contribution in [0.4, 0.5) is 0 Å². The maximum atomic E-state index is 6.25. The molecule has 1 nitrogen and oxygen atoms in total. The van der Waals surface area contributed by atoms with Gasteiger partial charge in [0.15, 0.2) is 0 Å². The SMILES string of the molecule is CNC(c1ccc(Br)c(Cl)c1)c1cc(Cl)ccc1Cl. The number of hydrogen-bond acceptors (Lipinski definition) is 1. The summed E-state index contributed by atoms with van der Waals surface area (Å²) < 4.78 is 0.866. The largest absolute Gasteiger partial charge is 0.309 e. The molecular weight excluding hydrogens is 368 g/mol. The molecule has 0 aromatic heterocycles. The summed E-state index contributed by atoms with van der Waals surface area (Å²) in [7, 11) is 1.87. The summed E-state index contributed by atoms with van der Waals surface area (Å²) in [5.74, 6) is 0. The zero-order valence-electron chi connectivity index (χ0n) is 10.1. The van der Waals surface area contributed by atoms with Crippen molar-refractivity contribution in [2.24, 2.45) is 0 Å². The standard InChI is InChI=1S/C14H11BrCl3N/c1-19-14(8-2-4-11(15)13(18)6-8)10-7-9(16)3-5-12(10)17/h2-7,14,19H,1H3. The molecule has 2 rings (SSSR count). The molecule has 0 fully saturated rings. The molecule has 2 aromatic carbocycles. The maximum Gasteiger partial charge on any atom is 0.0590 e. The minimum absolute atomic E-state index is 0.0585. The fourth-order valence-corrected chi connectivity index (χ4v) is 2.77. The van der Waals surface area contributed by atoms with E-state index in [1.807, 2.05) is 31.3 Å². The molecule has 2 aromatic rings. The van der Waals surface area contributed by atoms with Crippen molar-refractivity contribution in [1.82, 2.24) is 5.32 Å². The number of hydrogen-bond donors (Lipinski definition) is 1. The van der Waals surface area contributed by atoms with Gasteiger partial charge in [-0.2, -0.15) is 0 Å². The Morgan fingerprint density at radius 1 is 1.00 bits per heavy atom. The Labute approximate surface area is 136 Å². The molecule has 5 heteroatoms. The van der Waals surface area contributed by atoms with Gasteiger partial charge < -0.3 is 5.32 Å². The van der Waals surface area contributed by atoms with Crippen LogP contribution in [0.25, 0.3) is 0 Å². The Kier molecular flexibility index (Phi) is 5.15. The van der Waals surface area contributed by atoms with E-state index in [-0.39, 0.29) is 6.04 Å². The number of rotatable bonds is 3. The second kappa shape index (κ2) is 6.47. The van der Waals surface area contributed by atoms with E-state index in [4.69, 9.17) is 34.8 Å². The predicted molar refractivity (Wildman–Crippen MR) is 86.5 cm³/mol. The minimum atomic E-state index is -0.0585. The van der Waals surface area contributed by atoms with Gasteiger partial charge in [-0.05, 0) is 64.4 Å². The summed E-state index contributed by atoms with van der Waals surface area (Å²) in [4.78, 5) is 0. The lowest BCUT2D eigenvalue weighted by Gasteiger charge is -2.19. The molecular formula is C14H11BrCl3N. The minimum Gasteiger partial charge on any atom is -0.309 e. The van der Waals surface area contributed by atoms with E-state index in [1.165, 1.54) is 0 Å². The zero-order chi connectivity index (χ0) is 14.0. The van der Waals surface area contributed by atoms with Crippen LogP contribution in [0, 0.1) is 0 Å². The second-order valence-corrected chi connectivity index (χ2v) is 6.17. The molecule has 0 spiro atoms. The van der Waals surface area contributed by atoms with Crippen molar-refractivity contribution in [2.75, 3.05) is 7.05 Å². The van der Waals surface area contributed by atoms with Crippen LogP contribution >= 0.6 is 50.7 Å². The highest BCUT2D eigenvalue weighted by Crippen LogP contribution is 2.33. The Bertz CT molecular complexity index is 601. The van der Waals surface area contributed by atoms with Crippen LogP contribution in [0.15, 0.2) is 40.9 Å². The normalized spacial score (nSPS) is 12.5. The van der Waals surface area contributed by atoms with Gasteiger partial charge in [0.1, 0.15) is 0 Å². The van der Waals surface area contributed by atoms with Crippen molar-refractivity contribution < 1.29 is 0 Å². The summed E-state index contributed by atoms with van der Waals surface area (Å²) in [6.07, 6.45) is 0. The molecule has 1 atom stereocenters. The molecule has 0 saturated heterocycles. The van der Waals surface area contributed by atoms with Gasteiger partial charge in [-0.1, -0.05) is 40.9 Å². The first-order valence-corrected chi connectivity index (χ1v) is 7.52. The molecule has 0 aliphatic heterocycles. The van der Waals surface area contributed by atoms with Gasteiger partial charge in [-0.15, -0.1) is 0 Å². The Morgan fingerprint density at radius 3 is 2.37 bits per heavy atom. The highest BCUT2D eigenvalue weighted by atomic mass is 79.9. The molecule has 1 unspecified atom stereocenters. The van der Waals surface area contributed by atoms with E-state index in [1.54, 1.807) is 12.1 Å². The Morgan fingerprint density at radius 2 is 1.74 bits per heavy atom.